The summed E-state index contributed by atoms with van der Waals surface area (Å²) in [4.78, 5) is 0.245. The summed E-state index contributed by atoms with van der Waals surface area (Å²) in [6.45, 7) is 2.91. The Morgan fingerprint density at radius 3 is 2.83 bits per heavy atom. The maximum Gasteiger partial charge on any atom is 0.159 e. The largest absolute Gasteiger partial charge is 0.378 e. The normalized spacial score (nSPS) is 25.3. The maximum absolute atomic E-state index is 13.1. The average Bonchev–Trinajstić information content (AvgIpc) is 2.82. The minimum Gasteiger partial charge on any atom is -0.378 e. The molecule has 1 saturated heterocycles. The molecule has 1 aromatic carbocycles. The molecule has 0 aromatic heterocycles. The molecule has 2 rings (SSSR count). The molecule has 1 fully saturated rings. The highest BCUT2D eigenvalue weighted by molar-refractivity contribution is 9.09. The zero-order valence-corrected chi connectivity index (χ0v) is 11.9. The Labute approximate surface area is 115 Å². The standard InChI is InChI=1S/C14H17BrF2O/c1-2-14-10(5-6-18-14)11(15)7-9-3-4-12(16)13(17)8-9/h3-4,8,10-11,14H,2,5-7H2,1H3. The van der Waals surface area contributed by atoms with Gasteiger partial charge in [-0.25, -0.2) is 8.78 Å². The minimum atomic E-state index is -0.791. The summed E-state index contributed by atoms with van der Waals surface area (Å²) in [5, 5.41) is 0. The lowest BCUT2D eigenvalue weighted by molar-refractivity contribution is 0.0873. The molecule has 3 unspecified atom stereocenters. The Balaban J connectivity index is 2.02. The zero-order chi connectivity index (χ0) is 13.1. The van der Waals surface area contributed by atoms with E-state index in [1.807, 2.05) is 0 Å². The Hall–Kier alpha value is -0.480. The van der Waals surface area contributed by atoms with E-state index in [0.29, 0.717) is 12.3 Å². The third-order valence-corrected chi connectivity index (χ3v) is 4.55. The number of hydrogen-bond donors (Lipinski definition) is 0. The summed E-state index contributed by atoms with van der Waals surface area (Å²) in [7, 11) is 0. The second kappa shape index (κ2) is 6.11. The van der Waals surface area contributed by atoms with Crippen molar-refractivity contribution in [3.05, 3.63) is 35.4 Å². The smallest absolute Gasteiger partial charge is 0.159 e. The van der Waals surface area contributed by atoms with Crippen LogP contribution in [-0.4, -0.2) is 17.5 Å². The van der Waals surface area contributed by atoms with Gasteiger partial charge in [0.15, 0.2) is 11.6 Å². The minimum absolute atomic E-state index is 0.245. The summed E-state index contributed by atoms with van der Waals surface area (Å²) in [6.07, 6.45) is 2.99. The number of ether oxygens (including phenoxy) is 1. The second-order valence-electron chi connectivity index (χ2n) is 4.74. The van der Waals surface area contributed by atoms with Crippen LogP contribution in [0, 0.1) is 17.6 Å². The van der Waals surface area contributed by atoms with E-state index in [1.165, 1.54) is 12.1 Å². The number of alkyl halides is 1. The van der Waals surface area contributed by atoms with Crippen LogP contribution in [0.15, 0.2) is 18.2 Å². The molecule has 4 heteroatoms. The van der Waals surface area contributed by atoms with E-state index in [1.54, 1.807) is 6.07 Å². The quantitative estimate of drug-likeness (QED) is 0.760. The van der Waals surface area contributed by atoms with E-state index in [0.717, 1.165) is 25.0 Å². The van der Waals surface area contributed by atoms with Crippen molar-refractivity contribution in [1.82, 2.24) is 0 Å². The van der Waals surface area contributed by atoms with Crippen molar-refractivity contribution in [1.29, 1.82) is 0 Å². The monoisotopic (exact) mass is 318 g/mol. The molecule has 3 atom stereocenters. The third-order valence-electron chi connectivity index (χ3n) is 3.54. The van der Waals surface area contributed by atoms with Crippen LogP contribution in [0.5, 0.6) is 0 Å². The second-order valence-corrected chi connectivity index (χ2v) is 5.91. The predicted octanol–water partition coefficient (Wildman–Crippen LogP) is 4.09. The van der Waals surface area contributed by atoms with Gasteiger partial charge in [-0.1, -0.05) is 28.9 Å². The topological polar surface area (TPSA) is 9.23 Å². The summed E-state index contributed by atoms with van der Waals surface area (Å²) < 4.78 is 31.6. The lowest BCUT2D eigenvalue weighted by Crippen LogP contribution is -2.25. The lowest BCUT2D eigenvalue weighted by atomic mass is 9.92. The highest BCUT2D eigenvalue weighted by atomic mass is 79.9. The van der Waals surface area contributed by atoms with Crippen molar-refractivity contribution in [3.63, 3.8) is 0 Å². The van der Waals surface area contributed by atoms with Gasteiger partial charge in [-0.3, -0.25) is 0 Å². The first-order valence-corrected chi connectivity index (χ1v) is 7.23. The Bertz CT molecular complexity index is 411. The first-order valence-electron chi connectivity index (χ1n) is 6.31. The van der Waals surface area contributed by atoms with Crippen molar-refractivity contribution in [2.24, 2.45) is 5.92 Å². The molecular weight excluding hydrogens is 302 g/mol. The predicted molar refractivity (Wildman–Crippen MR) is 70.9 cm³/mol. The number of hydrogen-bond acceptors (Lipinski definition) is 1. The van der Waals surface area contributed by atoms with E-state index < -0.39 is 11.6 Å². The molecule has 0 saturated carbocycles. The van der Waals surface area contributed by atoms with Crippen molar-refractivity contribution in [3.8, 4) is 0 Å². The fourth-order valence-corrected chi connectivity index (χ4v) is 3.52. The molecule has 0 aliphatic carbocycles. The average molecular weight is 319 g/mol. The molecule has 0 radical (unpaired) electrons. The van der Waals surface area contributed by atoms with Gasteiger partial charge in [0.05, 0.1) is 6.10 Å². The molecule has 0 bridgehead atoms. The number of benzene rings is 1. The Morgan fingerprint density at radius 1 is 1.39 bits per heavy atom. The summed E-state index contributed by atoms with van der Waals surface area (Å²) in [5.74, 6) is -1.12. The van der Waals surface area contributed by atoms with E-state index in [-0.39, 0.29) is 10.9 Å². The maximum atomic E-state index is 13.1. The number of halogens is 3. The summed E-state index contributed by atoms with van der Waals surface area (Å²) in [6, 6.07) is 4.11. The van der Waals surface area contributed by atoms with Crippen LogP contribution >= 0.6 is 15.9 Å². The van der Waals surface area contributed by atoms with Crippen LogP contribution < -0.4 is 0 Å². The molecule has 0 N–H and O–H groups in total. The molecule has 0 spiro atoms. The van der Waals surface area contributed by atoms with Crippen LogP contribution in [0.3, 0.4) is 0 Å². The van der Waals surface area contributed by atoms with E-state index >= 15 is 0 Å². The number of rotatable bonds is 4. The Kier molecular flexibility index (Phi) is 4.73. The fourth-order valence-electron chi connectivity index (χ4n) is 2.54. The SMILES string of the molecule is CCC1OCCC1C(Br)Cc1ccc(F)c(F)c1. The molecule has 1 aromatic rings. The van der Waals surface area contributed by atoms with Crippen LogP contribution in [0.2, 0.25) is 0 Å². The van der Waals surface area contributed by atoms with Crippen LogP contribution in [0.4, 0.5) is 8.78 Å². The van der Waals surface area contributed by atoms with Crippen molar-refractivity contribution in [2.75, 3.05) is 6.61 Å². The molecule has 1 nitrogen and oxygen atoms in total. The van der Waals surface area contributed by atoms with E-state index in [2.05, 4.69) is 22.9 Å². The van der Waals surface area contributed by atoms with Gasteiger partial charge in [0.1, 0.15) is 0 Å². The lowest BCUT2D eigenvalue weighted by Gasteiger charge is -2.22. The fraction of sp³-hybridized carbons (Fsp3) is 0.571. The first kappa shape index (κ1) is 13.9. The molecule has 18 heavy (non-hydrogen) atoms. The van der Waals surface area contributed by atoms with Gasteiger partial charge in [0.2, 0.25) is 0 Å². The van der Waals surface area contributed by atoms with E-state index in [9.17, 15) is 8.78 Å². The van der Waals surface area contributed by atoms with Gasteiger partial charge < -0.3 is 4.74 Å². The van der Waals surface area contributed by atoms with Crippen molar-refractivity contribution < 1.29 is 13.5 Å². The van der Waals surface area contributed by atoms with E-state index in [4.69, 9.17) is 4.74 Å². The van der Waals surface area contributed by atoms with Gasteiger partial charge in [0, 0.05) is 17.4 Å². The Morgan fingerprint density at radius 2 is 2.17 bits per heavy atom. The highest BCUT2D eigenvalue weighted by Gasteiger charge is 2.32. The van der Waals surface area contributed by atoms with Gasteiger partial charge >= 0.3 is 0 Å². The molecular formula is C14H17BrF2O. The molecule has 1 aliphatic rings. The summed E-state index contributed by atoms with van der Waals surface area (Å²) in [5.41, 5.74) is 0.817. The molecule has 0 amide bonds. The van der Waals surface area contributed by atoms with Gasteiger partial charge in [-0.2, -0.15) is 0 Å². The van der Waals surface area contributed by atoms with Crippen LogP contribution in [0.25, 0.3) is 0 Å². The van der Waals surface area contributed by atoms with Crippen LogP contribution in [0.1, 0.15) is 25.3 Å². The molecule has 100 valence electrons. The zero-order valence-electron chi connectivity index (χ0n) is 10.3. The van der Waals surface area contributed by atoms with Gasteiger partial charge in [0.25, 0.3) is 0 Å². The third kappa shape index (κ3) is 3.09. The van der Waals surface area contributed by atoms with Crippen molar-refractivity contribution in [2.45, 2.75) is 37.1 Å². The first-order chi connectivity index (χ1) is 8.61. The molecule has 1 heterocycles. The van der Waals surface area contributed by atoms with Crippen LogP contribution in [-0.2, 0) is 11.2 Å². The highest BCUT2D eigenvalue weighted by Crippen LogP contribution is 2.32. The summed E-state index contributed by atoms with van der Waals surface area (Å²) >= 11 is 3.67. The molecule has 1 aliphatic heterocycles. The van der Waals surface area contributed by atoms with Crippen molar-refractivity contribution >= 4 is 15.9 Å². The van der Waals surface area contributed by atoms with Gasteiger partial charge in [-0.15, -0.1) is 0 Å². The van der Waals surface area contributed by atoms with Gasteiger partial charge in [-0.05, 0) is 37.0 Å².